The van der Waals surface area contributed by atoms with Gasteiger partial charge in [-0.3, -0.25) is 4.99 Å². The van der Waals surface area contributed by atoms with Gasteiger partial charge >= 0.3 is 0 Å². The van der Waals surface area contributed by atoms with Gasteiger partial charge in [-0.05, 0) is 43.9 Å². The molecular weight excluding hydrogens is 338 g/mol. The lowest BCUT2D eigenvalue weighted by Crippen LogP contribution is -2.38. The number of aryl methyl sites for hydroxylation is 1. The van der Waals surface area contributed by atoms with E-state index in [1.54, 1.807) is 7.05 Å². The summed E-state index contributed by atoms with van der Waals surface area (Å²) in [6.07, 6.45) is 4.78. The predicted octanol–water partition coefficient (Wildman–Crippen LogP) is 2.25. The quantitative estimate of drug-likeness (QED) is 0.627. The third-order valence-electron chi connectivity index (χ3n) is 5.52. The van der Waals surface area contributed by atoms with Crippen molar-refractivity contribution in [1.29, 1.82) is 0 Å². The summed E-state index contributed by atoms with van der Waals surface area (Å²) >= 11 is 0. The first-order valence-corrected chi connectivity index (χ1v) is 9.97. The standard InChI is InChI=1S/C20H29N7/c1-15(16-7-5-8-17(13-16)26-10-3-4-11-26)23-20(21-2)22-14-19-25-24-18-9-6-12-27(18)19/h5,7-8,13,15H,3-4,6,9-12,14H2,1-2H3,(H2,21,22,23). The molecule has 1 fully saturated rings. The summed E-state index contributed by atoms with van der Waals surface area (Å²) < 4.78 is 2.21. The Hall–Kier alpha value is -2.57. The molecule has 2 aliphatic rings. The highest BCUT2D eigenvalue weighted by molar-refractivity contribution is 5.80. The Bertz CT molecular complexity index is 804. The molecule has 2 aromatic rings. The fourth-order valence-electron chi connectivity index (χ4n) is 3.95. The van der Waals surface area contributed by atoms with Crippen molar-refractivity contribution in [1.82, 2.24) is 25.4 Å². The van der Waals surface area contributed by atoms with Crippen molar-refractivity contribution in [2.75, 3.05) is 25.0 Å². The number of nitrogens with zero attached hydrogens (tertiary/aromatic N) is 5. The van der Waals surface area contributed by atoms with Crippen molar-refractivity contribution >= 4 is 11.6 Å². The highest BCUT2D eigenvalue weighted by Crippen LogP contribution is 2.24. The molecule has 3 heterocycles. The summed E-state index contributed by atoms with van der Waals surface area (Å²) in [4.78, 5) is 6.84. The zero-order valence-electron chi connectivity index (χ0n) is 16.3. The Morgan fingerprint density at radius 3 is 2.85 bits per heavy atom. The van der Waals surface area contributed by atoms with E-state index in [9.17, 15) is 0 Å². The molecule has 2 aliphatic heterocycles. The molecule has 0 aliphatic carbocycles. The molecule has 1 unspecified atom stereocenters. The van der Waals surface area contributed by atoms with Crippen LogP contribution in [0.4, 0.5) is 5.69 Å². The second-order valence-corrected chi connectivity index (χ2v) is 7.37. The third-order valence-corrected chi connectivity index (χ3v) is 5.52. The largest absolute Gasteiger partial charge is 0.372 e. The van der Waals surface area contributed by atoms with Gasteiger partial charge in [0.2, 0.25) is 0 Å². The van der Waals surface area contributed by atoms with Gasteiger partial charge in [-0.25, -0.2) is 0 Å². The van der Waals surface area contributed by atoms with Gasteiger partial charge < -0.3 is 20.1 Å². The molecule has 0 amide bonds. The highest BCUT2D eigenvalue weighted by atomic mass is 15.3. The second kappa shape index (κ2) is 7.98. The van der Waals surface area contributed by atoms with Crippen molar-refractivity contribution in [3.05, 3.63) is 41.5 Å². The van der Waals surface area contributed by atoms with Crippen LogP contribution in [0.1, 0.15) is 49.4 Å². The van der Waals surface area contributed by atoms with Crippen LogP contribution >= 0.6 is 0 Å². The van der Waals surface area contributed by atoms with Gasteiger partial charge in [0, 0.05) is 38.8 Å². The first kappa shape index (κ1) is 17.8. The number of nitrogens with one attached hydrogen (secondary N) is 2. The van der Waals surface area contributed by atoms with Crippen LogP contribution in [0, 0.1) is 0 Å². The molecular formula is C20H29N7. The minimum Gasteiger partial charge on any atom is -0.372 e. The van der Waals surface area contributed by atoms with Crippen LogP contribution in [0.3, 0.4) is 0 Å². The molecule has 2 N–H and O–H groups in total. The molecule has 0 saturated carbocycles. The smallest absolute Gasteiger partial charge is 0.191 e. The normalized spacial score (nSPS) is 17.9. The number of hydrogen-bond acceptors (Lipinski definition) is 4. The molecule has 0 bridgehead atoms. The SMILES string of the molecule is CN=C(NCc1nnc2n1CCC2)NC(C)c1cccc(N2CCCC2)c1. The topological polar surface area (TPSA) is 70.4 Å². The fraction of sp³-hybridized carbons (Fsp3) is 0.550. The first-order valence-electron chi connectivity index (χ1n) is 9.97. The van der Waals surface area contributed by atoms with Crippen molar-refractivity contribution in [3.63, 3.8) is 0 Å². The number of fused-ring (bicyclic) bond motifs is 1. The summed E-state index contributed by atoms with van der Waals surface area (Å²) in [5.41, 5.74) is 2.59. The van der Waals surface area contributed by atoms with E-state index in [1.165, 1.54) is 24.1 Å². The number of anilines is 1. The molecule has 1 atom stereocenters. The molecule has 1 aromatic heterocycles. The highest BCUT2D eigenvalue weighted by Gasteiger charge is 2.18. The molecule has 4 rings (SSSR count). The minimum absolute atomic E-state index is 0.169. The summed E-state index contributed by atoms with van der Waals surface area (Å²) in [7, 11) is 1.80. The van der Waals surface area contributed by atoms with Crippen LogP contribution in [0.5, 0.6) is 0 Å². The van der Waals surface area contributed by atoms with Gasteiger partial charge in [0.1, 0.15) is 5.82 Å². The Balaban J connectivity index is 1.37. The van der Waals surface area contributed by atoms with Gasteiger partial charge in [-0.2, -0.15) is 0 Å². The summed E-state index contributed by atoms with van der Waals surface area (Å²) in [6, 6.07) is 9.00. The zero-order chi connectivity index (χ0) is 18.6. The van der Waals surface area contributed by atoms with Gasteiger partial charge in [-0.1, -0.05) is 12.1 Å². The van der Waals surface area contributed by atoms with Crippen LogP contribution in [0.25, 0.3) is 0 Å². The summed E-state index contributed by atoms with van der Waals surface area (Å²) in [5, 5.41) is 15.4. The van der Waals surface area contributed by atoms with Crippen LogP contribution in [-0.2, 0) is 19.5 Å². The maximum absolute atomic E-state index is 4.37. The number of rotatable bonds is 5. The number of aliphatic imine (C=N–C) groups is 1. The van der Waals surface area contributed by atoms with Crippen LogP contribution in [0.2, 0.25) is 0 Å². The first-order chi connectivity index (χ1) is 13.2. The van der Waals surface area contributed by atoms with Crippen molar-refractivity contribution in [2.24, 2.45) is 4.99 Å². The predicted molar refractivity (Wildman–Crippen MR) is 108 cm³/mol. The average Bonchev–Trinajstić information content (AvgIpc) is 3.44. The molecule has 144 valence electrons. The lowest BCUT2D eigenvalue weighted by molar-refractivity contribution is 0.646. The number of benzene rings is 1. The molecule has 27 heavy (non-hydrogen) atoms. The fourth-order valence-corrected chi connectivity index (χ4v) is 3.95. The van der Waals surface area contributed by atoms with E-state index in [-0.39, 0.29) is 6.04 Å². The van der Waals surface area contributed by atoms with E-state index >= 15 is 0 Å². The zero-order valence-corrected chi connectivity index (χ0v) is 16.3. The molecule has 1 saturated heterocycles. The van der Waals surface area contributed by atoms with Crippen molar-refractivity contribution in [3.8, 4) is 0 Å². The van der Waals surface area contributed by atoms with Crippen LogP contribution in [-0.4, -0.2) is 40.9 Å². The average molecular weight is 368 g/mol. The van der Waals surface area contributed by atoms with Gasteiger partial charge in [0.05, 0.1) is 12.6 Å². The maximum Gasteiger partial charge on any atom is 0.191 e. The monoisotopic (exact) mass is 367 g/mol. The number of aromatic nitrogens is 3. The molecule has 1 aromatic carbocycles. The van der Waals surface area contributed by atoms with E-state index in [1.807, 2.05) is 0 Å². The van der Waals surface area contributed by atoms with Crippen LogP contribution in [0.15, 0.2) is 29.3 Å². The van der Waals surface area contributed by atoms with Gasteiger partial charge in [0.25, 0.3) is 0 Å². The van der Waals surface area contributed by atoms with E-state index in [4.69, 9.17) is 0 Å². The Kier molecular flexibility index (Phi) is 5.27. The van der Waals surface area contributed by atoms with Crippen molar-refractivity contribution in [2.45, 2.75) is 51.7 Å². The molecule has 0 radical (unpaired) electrons. The lowest BCUT2D eigenvalue weighted by atomic mass is 10.1. The third kappa shape index (κ3) is 3.91. The Labute approximate surface area is 160 Å². The van der Waals surface area contributed by atoms with Gasteiger partial charge in [0.15, 0.2) is 11.8 Å². The molecule has 7 heteroatoms. The van der Waals surface area contributed by atoms with Gasteiger partial charge in [-0.15, -0.1) is 10.2 Å². The van der Waals surface area contributed by atoms with E-state index in [2.05, 4.69) is 66.5 Å². The maximum atomic E-state index is 4.37. The minimum atomic E-state index is 0.169. The number of hydrogen-bond donors (Lipinski definition) is 2. The molecule has 7 nitrogen and oxygen atoms in total. The molecule has 0 spiro atoms. The Morgan fingerprint density at radius 1 is 1.19 bits per heavy atom. The Morgan fingerprint density at radius 2 is 2.04 bits per heavy atom. The summed E-state index contributed by atoms with van der Waals surface area (Å²) in [6.45, 7) is 6.15. The van der Waals surface area contributed by atoms with E-state index < -0.39 is 0 Å². The summed E-state index contributed by atoms with van der Waals surface area (Å²) in [5.74, 6) is 2.86. The second-order valence-electron chi connectivity index (χ2n) is 7.37. The van der Waals surface area contributed by atoms with E-state index in [0.717, 1.165) is 50.1 Å². The number of guanidine groups is 1. The lowest BCUT2D eigenvalue weighted by Gasteiger charge is -2.22. The van der Waals surface area contributed by atoms with E-state index in [0.29, 0.717) is 6.54 Å². The van der Waals surface area contributed by atoms with Crippen LogP contribution < -0.4 is 15.5 Å². The van der Waals surface area contributed by atoms with Crippen molar-refractivity contribution < 1.29 is 0 Å².